The summed E-state index contributed by atoms with van der Waals surface area (Å²) >= 11 is 0. The Morgan fingerprint density at radius 2 is 1.80 bits per heavy atom. The normalized spacial score (nSPS) is 15.7. The molecule has 4 nitrogen and oxygen atoms in total. The second-order valence-electron chi connectivity index (χ2n) is 6.20. The number of aliphatic imine (C=N–C) groups is 1. The maximum atomic E-state index is 13.1. The molecule has 1 aliphatic rings. The van der Waals surface area contributed by atoms with Crippen molar-refractivity contribution in [2.24, 2.45) is 10.7 Å². The van der Waals surface area contributed by atoms with Gasteiger partial charge in [-0.05, 0) is 54.8 Å². The molecule has 0 spiro atoms. The SMILES string of the molecule is COc1ccc(NC(N)=NCC2(c3ccc(F)cc3)CCC2)cc1.I. The summed E-state index contributed by atoms with van der Waals surface area (Å²) in [4.78, 5) is 4.51. The summed E-state index contributed by atoms with van der Waals surface area (Å²) < 4.78 is 18.3. The number of ether oxygens (including phenoxy) is 1. The van der Waals surface area contributed by atoms with Crippen LogP contribution in [-0.2, 0) is 5.41 Å². The highest BCUT2D eigenvalue weighted by Crippen LogP contribution is 2.44. The van der Waals surface area contributed by atoms with E-state index in [0.29, 0.717) is 12.5 Å². The predicted molar refractivity (Wildman–Crippen MR) is 110 cm³/mol. The molecule has 134 valence electrons. The van der Waals surface area contributed by atoms with Crippen molar-refractivity contribution < 1.29 is 9.13 Å². The molecular formula is C19H23FIN3O. The van der Waals surface area contributed by atoms with Gasteiger partial charge in [-0.15, -0.1) is 24.0 Å². The molecule has 0 aromatic heterocycles. The average molecular weight is 455 g/mol. The lowest BCUT2D eigenvalue weighted by atomic mass is 9.64. The Balaban J connectivity index is 0.00000225. The maximum absolute atomic E-state index is 13.1. The predicted octanol–water partition coefficient (Wildman–Crippen LogP) is 4.30. The number of hydrogen-bond acceptors (Lipinski definition) is 2. The summed E-state index contributed by atoms with van der Waals surface area (Å²) in [6, 6.07) is 14.2. The monoisotopic (exact) mass is 455 g/mol. The van der Waals surface area contributed by atoms with Gasteiger partial charge in [0.25, 0.3) is 0 Å². The van der Waals surface area contributed by atoms with Gasteiger partial charge in [0, 0.05) is 11.1 Å². The second-order valence-corrected chi connectivity index (χ2v) is 6.20. The minimum Gasteiger partial charge on any atom is -0.497 e. The third kappa shape index (κ3) is 4.62. The fourth-order valence-electron chi connectivity index (χ4n) is 3.04. The Bertz CT molecular complexity index is 712. The molecule has 0 heterocycles. The first-order valence-electron chi connectivity index (χ1n) is 8.08. The van der Waals surface area contributed by atoms with Crippen LogP contribution in [0.25, 0.3) is 0 Å². The Kier molecular flexibility index (Phi) is 6.64. The zero-order valence-corrected chi connectivity index (χ0v) is 16.5. The number of methoxy groups -OCH3 is 1. The minimum absolute atomic E-state index is 0. The first-order chi connectivity index (χ1) is 11.6. The standard InChI is InChI=1S/C19H22FN3O.HI/c1-24-17-9-7-16(8-10-17)23-18(21)22-13-19(11-2-12-19)14-3-5-15(20)6-4-14;/h3-10H,2,11-13H2,1H3,(H3,21,22,23);1H. The molecule has 3 rings (SSSR count). The van der Waals surface area contributed by atoms with Crippen LogP contribution in [0, 0.1) is 5.82 Å². The van der Waals surface area contributed by atoms with E-state index in [2.05, 4.69) is 10.3 Å². The van der Waals surface area contributed by atoms with Gasteiger partial charge in [-0.2, -0.15) is 0 Å². The van der Waals surface area contributed by atoms with Gasteiger partial charge in [0.05, 0.1) is 13.7 Å². The molecule has 0 unspecified atom stereocenters. The molecule has 0 amide bonds. The smallest absolute Gasteiger partial charge is 0.193 e. The summed E-state index contributed by atoms with van der Waals surface area (Å²) in [7, 11) is 1.63. The van der Waals surface area contributed by atoms with E-state index in [1.54, 1.807) is 7.11 Å². The molecule has 0 atom stereocenters. The molecule has 0 aliphatic heterocycles. The fourth-order valence-corrected chi connectivity index (χ4v) is 3.04. The van der Waals surface area contributed by atoms with Crippen LogP contribution in [-0.4, -0.2) is 19.6 Å². The van der Waals surface area contributed by atoms with Crippen LogP contribution in [0.4, 0.5) is 10.1 Å². The highest BCUT2D eigenvalue weighted by Gasteiger charge is 2.38. The van der Waals surface area contributed by atoms with Crippen LogP contribution < -0.4 is 15.8 Å². The number of rotatable bonds is 5. The molecular weight excluding hydrogens is 432 g/mol. The van der Waals surface area contributed by atoms with Crippen molar-refractivity contribution in [1.82, 2.24) is 0 Å². The highest BCUT2D eigenvalue weighted by atomic mass is 127. The van der Waals surface area contributed by atoms with Gasteiger partial charge in [-0.1, -0.05) is 18.6 Å². The third-order valence-electron chi connectivity index (χ3n) is 4.68. The van der Waals surface area contributed by atoms with Gasteiger partial charge in [-0.25, -0.2) is 4.39 Å². The lowest BCUT2D eigenvalue weighted by Crippen LogP contribution is -2.38. The van der Waals surface area contributed by atoms with Crippen LogP contribution in [0.5, 0.6) is 5.75 Å². The quantitative estimate of drug-likeness (QED) is 0.402. The number of guanidine groups is 1. The van der Waals surface area contributed by atoms with Crippen LogP contribution >= 0.6 is 24.0 Å². The second kappa shape index (κ2) is 8.51. The zero-order valence-electron chi connectivity index (χ0n) is 14.2. The Labute approximate surface area is 164 Å². The van der Waals surface area contributed by atoms with E-state index in [0.717, 1.165) is 29.8 Å². The van der Waals surface area contributed by atoms with E-state index in [9.17, 15) is 4.39 Å². The van der Waals surface area contributed by atoms with Gasteiger partial charge >= 0.3 is 0 Å². The van der Waals surface area contributed by atoms with Crippen molar-refractivity contribution in [3.63, 3.8) is 0 Å². The fraction of sp³-hybridized carbons (Fsp3) is 0.316. The zero-order chi connectivity index (χ0) is 17.0. The van der Waals surface area contributed by atoms with E-state index < -0.39 is 0 Å². The van der Waals surface area contributed by atoms with Gasteiger partial charge in [-0.3, -0.25) is 4.99 Å². The molecule has 0 saturated heterocycles. The first kappa shape index (κ1) is 19.5. The topological polar surface area (TPSA) is 59.6 Å². The number of nitrogens with two attached hydrogens (primary N) is 1. The van der Waals surface area contributed by atoms with E-state index in [1.165, 1.54) is 18.6 Å². The molecule has 1 saturated carbocycles. The molecule has 2 aromatic carbocycles. The lowest BCUT2D eigenvalue weighted by molar-refractivity contribution is 0.253. The maximum Gasteiger partial charge on any atom is 0.193 e. The van der Waals surface area contributed by atoms with E-state index >= 15 is 0 Å². The molecule has 6 heteroatoms. The van der Waals surface area contributed by atoms with E-state index in [1.807, 2.05) is 36.4 Å². The first-order valence-corrected chi connectivity index (χ1v) is 8.08. The molecule has 3 N–H and O–H groups in total. The number of nitrogens with zero attached hydrogens (tertiary/aromatic N) is 1. The van der Waals surface area contributed by atoms with Crippen molar-refractivity contribution in [2.75, 3.05) is 19.0 Å². The summed E-state index contributed by atoms with van der Waals surface area (Å²) in [5.41, 5.74) is 8.00. The largest absolute Gasteiger partial charge is 0.497 e. The number of anilines is 1. The number of hydrogen-bond donors (Lipinski definition) is 2. The molecule has 0 bridgehead atoms. The van der Waals surface area contributed by atoms with Crippen molar-refractivity contribution in [2.45, 2.75) is 24.7 Å². The Morgan fingerprint density at radius 1 is 1.16 bits per heavy atom. The summed E-state index contributed by atoms with van der Waals surface area (Å²) in [6.45, 7) is 0.605. The lowest BCUT2D eigenvalue weighted by Gasteiger charge is -2.41. The van der Waals surface area contributed by atoms with Crippen molar-refractivity contribution >= 4 is 35.6 Å². The minimum atomic E-state index is -0.211. The molecule has 0 radical (unpaired) electrons. The van der Waals surface area contributed by atoms with Crippen molar-refractivity contribution in [1.29, 1.82) is 0 Å². The van der Waals surface area contributed by atoms with Gasteiger partial charge < -0.3 is 15.8 Å². The van der Waals surface area contributed by atoms with Gasteiger partial charge in [0.15, 0.2) is 5.96 Å². The number of halogens is 2. The van der Waals surface area contributed by atoms with E-state index in [-0.39, 0.29) is 35.2 Å². The van der Waals surface area contributed by atoms with E-state index in [4.69, 9.17) is 10.5 Å². The molecule has 2 aromatic rings. The van der Waals surface area contributed by atoms with Crippen LogP contribution in [0.1, 0.15) is 24.8 Å². The van der Waals surface area contributed by atoms with Crippen LogP contribution in [0.2, 0.25) is 0 Å². The van der Waals surface area contributed by atoms with Crippen molar-refractivity contribution in [3.8, 4) is 5.75 Å². The highest BCUT2D eigenvalue weighted by molar-refractivity contribution is 14.0. The number of nitrogens with one attached hydrogen (secondary N) is 1. The molecule has 1 aliphatic carbocycles. The average Bonchev–Trinajstić information content (AvgIpc) is 2.56. The summed E-state index contributed by atoms with van der Waals surface area (Å²) in [5, 5.41) is 3.09. The van der Waals surface area contributed by atoms with Crippen LogP contribution in [0.3, 0.4) is 0 Å². The Hall–Kier alpha value is -1.83. The number of benzene rings is 2. The Morgan fingerprint density at radius 3 is 2.32 bits per heavy atom. The van der Waals surface area contributed by atoms with Crippen molar-refractivity contribution in [3.05, 3.63) is 59.9 Å². The van der Waals surface area contributed by atoms with Gasteiger partial charge in [0.1, 0.15) is 11.6 Å². The third-order valence-corrected chi connectivity index (χ3v) is 4.68. The summed E-state index contributed by atoms with van der Waals surface area (Å²) in [6.07, 6.45) is 3.27. The molecule has 25 heavy (non-hydrogen) atoms. The molecule has 1 fully saturated rings. The van der Waals surface area contributed by atoms with Crippen LogP contribution in [0.15, 0.2) is 53.5 Å². The summed E-state index contributed by atoms with van der Waals surface area (Å²) in [5.74, 6) is 0.965. The van der Waals surface area contributed by atoms with Gasteiger partial charge in [0.2, 0.25) is 0 Å².